The molecule has 3 heterocycles. The molecular formula is C14H16N4O2S. The van der Waals surface area contributed by atoms with E-state index in [9.17, 15) is 0 Å². The SMILES string of the molecule is CC(C)N1CCOC(c2noc(-c3ccc(C#N)s3)n2)C1. The number of nitriles is 1. The van der Waals surface area contributed by atoms with E-state index in [-0.39, 0.29) is 6.10 Å². The number of thiophene rings is 1. The summed E-state index contributed by atoms with van der Waals surface area (Å²) in [5.41, 5.74) is 0. The number of ether oxygens (including phenoxy) is 1. The zero-order valence-electron chi connectivity index (χ0n) is 11.9. The Morgan fingerprint density at radius 1 is 1.48 bits per heavy atom. The van der Waals surface area contributed by atoms with Crippen molar-refractivity contribution in [3.8, 4) is 16.8 Å². The Labute approximate surface area is 126 Å². The second-order valence-corrected chi connectivity index (χ2v) is 6.27. The van der Waals surface area contributed by atoms with Crippen LogP contribution < -0.4 is 0 Å². The van der Waals surface area contributed by atoms with Gasteiger partial charge in [-0.05, 0) is 26.0 Å². The Hall–Kier alpha value is -1.75. The van der Waals surface area contributed by atoms with Gasteiger partial charge in [0.15, 0.2) is 0 Å². The molecule has 1 unspecified atom stereocenters. The summed E-state index contributed by atoms with van der Waals surface area (Å²) < 4.78 is 11.0. The van der Waals surface area contributed by atoms with Crippen molar-refractivity contribution in [3.63, 3.8) is 0 Å². The van der Waals surface area contributed by atoms with Crippen LogP contribution in [-0.2, 0) is 4.74 Å². The maximum atomic E-state index is 8.86. The van der Waals surface area contributed by atoms with E-state index in [1.165, 1.54) is 11.3 Å². The van der Waals surface area contributed by atoms with Gasteiger partial charge in [-0.25, -0.2) is 0 Å². The van der Waals surface area contributed by atoms with Crippen LogP contribution in [-0.4, -0.2) is 40.8 Å². The van der Waals surface area contributed by atoms with Gasteiger partial charge in [-0.1, -0.05) is 5.16 Å². The van der Waals surface area contributed by atoms with Crippen molar-refractivity contribution >= 4 is 11.3 Å². The van der Waals surface area contributed by atoms with Crippen molar-refractivity contribution < 1.29 is 9.26 Å². The van der Waals surface area contributed by atoms with Gasteiger partial charge < -0.3 is 9.26 Å². The summed E-state index contributed by atoms with van der Waals surface area (Å²) in [5, 5.41) is 12.9. The van der Waals surface area contributed by atoms with Crippen LogP contribution in [0, 0.1) is 11.3 Å². The molecule has 0 aliphatic carbocycles. The van der Waals surface area contributed by atoms with Crippen molar-refractivity contribution in [1.82, 2.24) is 15.0 Å². The minimum atomic E-state index is -0.158. The van der Waals surface area contributed by atoms with E-state index < -0.39 is 0 Å². The molecule has 110 valence electrons. The smallest absolute Gasteiger partial charge is 0.268 e. The third-order valence-corrected chi connectivity index (χ3v) is 4.46. The fourth-order valence-electron chi connectivity index (χ4n) is 2.27. The van der Waals surface area contributed by atoms with Gasteiger partial charge in [0, 0.05) is 19.1 Å². The zero-order valence-corrected chi connectivity index (χ0v) is 12.8. The number of morpholine rings is 1. The minimum absolute atomic E-state index is 0.158. The molecule has 0 aromatic carbocycles. The van der Waals surface area contributed by atoms with Gasteiger partial charge in [0.2, 0.25) is 5.82 Å². The second-order valence-electron chi connectivity index (χ2n) is 5.18. The van der Waals surface area contributed by atoms with Crippen LogP contribution in [0.3, 0.4) is 0 Å². The highest BCUT2D eigenvalue weighted by Crippen LogP contribution is 2.28. The van der Waals surface area contributed by atoms with Crippen molar-refractivity contribution in [2.75, 3.05) is 19.7 Å². The predicted molar refractivity (Wildman–Crippen MR) is 77.7 cm³/mol. The first-order chi connectivity index (χ1) is 10.2. The number of hydrogen-bond donors (Lipinski definition) is 0. The van der Waals surface area contributed by atoms with E-state index in [4.69, 9.17) is 14.5 Å². The highest BCUT2D eigenvalue weighted by molar-refractivity contribution is 7.15. The molecule has 1 saturated heterocycles. The Morgan fingerprint density at radius 3 is 3.05 bits per heavy atom. The van der Waals surface area contributed by atoms with Gasteiger partial charge in [-0.15, -0.1) is 11.3 Å². The summed E-state index contributed by atoms with van der Waals surface area (Å²) in [4.78, 5) is 8.19. The summed E-state index contributed by atoms with van der Waals surface area (Å²) >= 11 is 1.34. The molecule has 1 aliphatic rings. The largest absolute Gasteiger partial charge is 0.367 e. The van der Waals surface area contributed by atoms with Crippen LogP contribution in [0.1, 0.15) is 30.7 Å². The van der Waals surface area contributed by atoms with Crippen LogP contribution >= 0.6 is 11.3 Å². The topological polar surface area (TPSA) is 75.2 Å². The van der Waals surface area contributed by atoms with E-state index >= 15 is 0 Å². The first kappa shape index (κ1) is 14.2. The Balaban J connectivity index is 1.77. The van der Waals surface area contributed by atoms with Crippen molar-refractivity contribution in [2.24, 2.45) is 0 Å². The molecule has 0 radical (unpaired) electrons. The van der Waals surface area contributed by atoms with Gasteiger partial charge in [0.25, 0.3) is 5.89 Å². The normalized spacial score (nSPS) is 19.8. The molecule has 6 nitrogen and oxygen atoms in total. The van der Waals surface area contributed by atoms with Gasteiger partial charge in [0.1, 0.15) is 17.1 Å². The minimum Gasteiger partial charge on any atom is -0.367 e. The Morgan fingerprint density at radius 2 is 2.33 bits per heavy atom. The lowest BCUT2D eigenvalue weighted by Gasteiger charge is -2.34. The van der Waals surface area contributed by atoms with Crippen LogP contribution in [0.5, 0.6) is 0 Å². The van der Waals surface area contributed by atoms with Crippen molar-refractivity contribution in [1.29, 1.82) is 5.26 Å². The highest BCUT2D eigenvalue weighted by atomic mass is 32.1. The lowest BCUT2D eigenvalue weighted by Crippen LogP contribution is -2.42. The summed E-state index contributed by atoms with van der Waals surface area (Å²) in [7, 11) is 0. The molecule has 0 spiro atoms. The molecule has 0 amide bonds. The maximum absolute atomic E-state index is 8.86. The molecule has 2 aromatic heterocycles. The molecule has 1 fully saturated rings. The van der Waals surface area contributed by atoms with Crippen LogP contribution in [0.2, 0.25) is 0 Å². The summed E-state index contributed by atoms with van der Waals surface area (Å²) in [6, 6.07) is 6.15. The molecule has 3 rings (SSSR count). The fraction of sp³-hybridized carbons (Fsp3) is 0.500. The standard InChI is InChI=1S/C14H16N4O2S/c1-9(2)18-5-6-19-11(8-18)13-16-14(20-17-13)12-4-3-10(7-15)21-12/h3-4,9,11H,5-6,8H2,1-2H3. The van der Waals surface area contributed by atoms with Gasteiger partial charge >= 0.3 is 0 Å². The second kappa shape index (κ2) is 5.93. The Bertz CT molecular complexity index is 658. The molecule has 7 heteroatoms. The molecule has 21 heavy (non-hydrogen) atoms. The average Bonchev–Trinajstić information content (AvgIpc) is 3.16. The summed E-state index contributed by atoms with van der Waals surface area (Å²) in [5.74, 6) is 1.02. The van der Waals surface area contributed by atoms with Crippen molar-refractivity contribution in [3.05, 3.63) is 22.8 Å². The molecule has 1 atom stereocenters. The van der Waals surface area contributed by atoms with Crippen molar-refractivity contribution in [2.45, 2.75) is 26.0 Å². The van der Waals surface area contributed by atoms with E-state index in [0.717, 1.165) is 18.0 Å². The monoisotopic (exact) mass is 304 g/mol. The lowest BCUT2D eigenvalue weighted by atomic mass is 10.2. The van der Waals surface area contributed by atoms with Crippen LogP contribution in [0.4, 0.5) is 0 Å². The van der Waals surface area contributed by atoms with Gasteiger partial charge in [0.05, 0.1) is 11.5 Å². The number of aromatic nitrogens is 2. The molecular weight excluding hydrogens is 288 g/mol. The summed E-state index contributed by atoms with van der Waals surface area (Å²) in [6.07, 6.45) is -0.158. The van der Waals surface area contributed by atoms with Crippen LogP contribution in [0.15, 0.2) is 16.7 Å². The third kappa shape index (κ3) is 2.97. The quantitative estimate of drug-likeness (QED) is 0.867. The number of nitrogens with zero attached hydrogens (tertiary/aromatic N) is 4. The first-order valence-corrected chi connectivity index (χ1v) is 7.68. The molecule has 2 aromatic rings. The zero-order chi connectivity index (χ0) is 14.8. The summed E-state index contributed by atoms with van der Waals surface area (Å²) in [6.45, 7) is 6.70. The number of hydrogen-bond acceptors (Lipinski definition) is 7. The van der Waals surface area contributed by atoms with Gasteiger partial charge in [-0.2, -0.15) is 10.2 Å². The third-order valence-electron chi connectivity index (χ3n) is 3.48. The molecule has 1 aliphatic heterocycles. The Kier molecular flexibility index (Phi) is 4.01. The number of rotatable bonds is 3. The van der Waals surface area contributed by atoms with Crippen LogP contribution in [0.25, 0.3) is 10.8 Å². The highest BCUT2D eigenvalue weighted by Gasteiger charge is 2.27. The molecule has 0 saturated carbocycles. The van der Waals surface area contributed by atoms with E-state index in [1.54, 1.807) is 6.07 Å². The van der Waals surface area contributed by atoms with Gasteiger partial charge in [-0.3, -0.25) is 4.90 Å². The lowest BCUT2D eigenvalue weighted by molar-refractivity contribution is -0.0450. The van der Waals surface area contributed by atoms with E-state index in [0.29, 0.717) is 29.2 Å². The van der Waals surface area contributed by atoms with E-state index in [2.05, 4.69) is 35.0 Å². The maximum Gasteiger partial charge on any atom is 0.268 e. The predicted octanol–water partition coefficient (Wildman–Crippen LogP) is 2.45. The molecule has 0 N–H and O–H groups in total. The first-order valence-electron chi connectivity index (χ1n) is 6.87. The van der Waals surface area contributed by atoms with E-state index in [1.807, 2.05) is 6.07 Å². The fourth-order valence-corrected chi connectivity index (χ4v) is 3.00. The molecule has 0 bridgehead atoms. The average molecular weight is 304 g/mol.